The predicted molar refractivity (Wildman–Crippen MR) is 79.4 cm³/mol. The number of hydrogen-bond donors (Lipinski definition) is 2. The maximum atomic E-state index is 11.8. The second kappa shape index (κ2) is 5.47. The van der Waals surface area contributed by atoms with Gasteiger partial charge in [-0.1, -0.05) is 26.0 Å². The minimum absolute atomic E-state index is 0.0330. The summed E-state index contributed by atoms with van der Waals surface area (Å²) >= 11 is 0. The summed E-state index contributed by atoms with van der Waals surface area (Å²) in [6.45, 7) is 5.23. The number of nitrogen functional groups attached to an aromatic ring is 1. The van der Waals surface area contributed by atoms with Crippen LogP contribution in [-0.4, -0.2) is 12.5 Å². The van der Waals surface area contributed by atoms with Crippen LogP contribution in [0.5, 0.6) is 0 Å². The second-order valence-electron chi connectivity index (χ2n) is 5.74. The van der Waals surface area contributed by atoms with Crippen LogP contribution in [0.15, 0.2) is 30.3 Å². The van der Waals surface area contributed by atoms with Gasteiger partial charge in [0.2, 0.25) is 5.91 Å². The molecule has 1 fully saturated rings. The summed E-state index contributed by atoms with van der Waals surface area (Å²) in [6, 6.07) is 7.48. The molecule has 3 nitrogen and oxygen atoms in total. The van der Waals surface area contributed by atoms with E-state index >= 15 is 0 Å². The molecule has 1 aromatic carbocycles. The molecule has 1 amide bonds. The summed E-state index contributed by atoms with van der Waals surface area (Å²) in [5, 5.41) is 2.99. The van der Waals surface area contributed by atoms with Crippen molar-refractivity contribution in [3.63, 3.8) is 0 Å². The summed E-state index contributed by atoms with van der Waals surface area (Å²) in [6.07, 6.45) is 5.82. The Morgan fingerprint density at radius 2 is 2.21 bits per heavy atom. The minimum atomic E-state index is -0.0330. The number of anilines is 1. The van der Waals surface area contributed by atoms with Crippen LogP contribution in [0.25, 0.3) is 6.08 Å². The lowest BCUT2D eigenvalue weighted by Crippen LogP contribution is -2.31. The third-order valence-corrected chi connectivity index (χ3v) is 4.07. The fourth-order valence-electron chi connectivity index (χ4n) is 2.28. The predicted octanol–water partition coefficient (Wildman–Crippen LogP) is 2.83. The Kier molecular flexibility index (Phi) is 3.93. The fraction of sp³-hybridized carbons (Fsp3) is 0.438. The van der Waals surface area contributed by atoms with E-state index in [1.807, 2.05) is 24.3 Å². The minimum Gasteiger partial charge on any atom is -0.399 e. The van der Waals surface area contributed by atoms with Gasteiger partial charge in [-0.05, 0) is 47.9 Å². The fourth-order valence-corrected chi connectivity index (χ4v) is 2.28. The number of benzene rings is 1. The van der Waals surface area contributed by atoms with Gasteiger partial charge in [-0.3, -0.25) is 4.79 Å². The molecule has 19 heavy (non-hydrogen) atoms. The first kappa shape index (κ1) is 13.7. The Balaban J connectivity index is 1.85. The molecule has 2 rings (SSSR count). The number of carbonyl (C=O) groups excluding carboxylic acids is 1. The average molecular weight is 258 g/mol. The smallest absolute Gasteiger partial charge is 0.244 e. The van der Waals surface area contributed by atoms with Crippen molar-refractivity contribution in [2.24, 2.45) is 11.3 Å². The Morgan fingerprint density at radius 3 is 2.79 bits per heavy atom. The van der Waals surface area contributed by atoms with Crippen molar-refractivity contribution in [2.45, 2.75) is 26.7 Å². The van der Waals surface area contributed by atoms with Gasteiger partial charge in [-0.25, -0.2) is 0 Å². The number of rotatable bonds is 5. The highest BCUT2D eigenvalue weighted by Gasteiger charge is 2.45. The highest BCUT2D eigenvalue weighted by molar-refractivity contribution is 5.91. The molecule has 0 unspecified atom stereocenters. The molecular weight excluding hydrogens is 236 g/mol. The summed E-state index contributed by atoms with van der Waals surface area (Å²) in [5.74, 6) is 0.597. The Bertz CT molecular complexity index is 487. The van der Waals surface area contributed by atoms with Gasteiger partial charge in [-0.2, -0.15) is 0 Å². The lowest BCUT2D eigenvalue weighted by molar-refractivity contribution is -0.116. The lowest BCUT2D eigenvalue weighted by atomic mass is 9.92. The van der Waals surface area contributed by atoms with Gasteiger partial charge >= 0.3 is 0 Å². The SMILES string of the molecule is CC(C)C1(CNC(=O)/C=C/c2cccc(N)c2)CC1. The Labute approximate surface area is 114 Å². The molecule has 1 aliphatic rings. The van der Waals surface area contributed by atoms with E-state index in [2.05, 4.69) is 19.2 Å². The molecule has 102 valence electrons. The van der Waals surface area contributed by atoms with E-state index in [0.717, 1.165) is 12.1 Å². The monoisotopic (exact) mass is 258 g/mol. The number of nitrogens with two attached hydrogens (primary N) is 1. The summed E-state index contributed by atoms with van der Waals surface area (Å²) in [4.78, 5) is 11.8. The lowest BCUT2D eigenvalue weighted by Gasteiger charge is -2.19. The van der Waals surface area contributed by atoms with Crippen LogP contribution in [0.1, 0.15) is 32.3 Å². The van der Waals surface area contributed by atoms with Crippen LogP contribution < -0.4 is 11.1 Å². The second-order valence-corrected chi connectivity index (χ2v) is 5.74. The van der Waals surface area contributed by atoms with Gasteiger partial charge < -0.3 is 11.1 Å². The molecule has 0 radical (unpaired) electrons. The van der Waals surface area contributed by atoms with Crippen LogP contribution in [0, 0.1) is 11.3 Å². The van der Waals surface area contributed by atoms with Crippen LogP contribution >= 0.6 is 0 Å². The first-order valence-electron chi connectivity index (χ1n) is 6.83. The number of carbonyl (C=O) groups is 1. The zero-order chi connectivity index (χ0) is 13.9. The van der Waals surface area contributed by atoms with E-state index in [4.69, 9.17) is 5.73 Å². The van der Waals surface area contributed by atoms with E-state index in [-0.39, 0.29) is 5.91 Å². The van der Waals surface area contributed by atoms with Gasteiger partial charge in [-0.15, -0.1) is 0 Å². The van der Waals surface area contributed by atoms with Crippen molar-refractivity contribution in [1.82, 2.24) is 5.32 Å². The van der Waals surface area contributed by atoms with Gasteiger partial charge in [0.25, 0.3) is 0 Å². The van der Waals surface area contributed by atoms with E-state index in [0.29, 0.717) is 17.0 Å². The van der Waals surface area contributed by atoms with Crippen LogP contribution in [0.2, 0.25) is 0 Å². The topological polar surface area (TPSA) is 55.1 Å². The first-order chi connectivity index (χ1) is 9.02. The quantitative estimate of drug-likeness (QED) is 0.630. The van der Waals surface area contributed by atoms with Crippen molar-refractivity contribution in [2.75, 3.05) is 12.3 Å². The molecular formula is C16H22N2O. The first-order valence-corrected chi connectivity index (χ1v) is 6.83. The molecule has 0 atom stereocenters. The Hall–Kier alpha value is -1.77. The molecule has 0 aromatic heterocycles. The van der Waals surface area contributed by atoms with Crippen molar-refractivity contribution in [3.8, 4) is 0 Å². The summed E-state index contributed by atoms with van der Waals surface area (Å²) in [5.41, 5.74) is 7.69. The van der Waals surface area contributed by atoms with Gasteiger partial charge in [0, 0.05) is 18.3 Å². The van der Waals surface area contributed by atoms with Crippen molar-refractivity contribution in [3.05, 3.63) is 35.9 Å². The normalized spacial score (nSPS) is 16.8. The standard InChI is InChI=1S/C16H22N2O/c1-12(2)16(8-9-16)11-18-15(19)7-6-13-4-3-5-14(17)10-13/h3-7,10,12H,8-9,11,17H2,1-2H3,(H,18,19)/b7-6+. The summed E-state index contributed by atoms with van der Waals surface area (Å²) < 4.78 is 0. The van der Waals surface area contributed by atoms with Gasteiger partial charge in [0.05, 0.1) is 0 Å². The molecule has 3 N–H and O–H groups in total. The third kappa shape index (κ3) is 3.60. The highest BCUT2D eigenvalue weighted by atomic mass is 16.1. The molecule has 0 spiro atoms. The largest absolute Gasteiger partial charge is 0.399 e. The molecule has 3 heteroatoms. The number of hydrogen-bond acceptors (Lipinski definition) is 2. The molecule has 0 aliphatic heterocycles. The zero-order valence-corrected chi connectivity index (χ0v) is 11.6. The maximum absolute atomic E-state index is 11.8. The Morgan fingerprint density at radius 1 is 1.47 bits per heavy atom. The van der Waals surface area contributed by atoms with Crippen LogP contribution in [-0.2, 0) is 4.79 Å². The van der Waals surface area contributed by atoms with Crippen molar-refractivity contribution in [1.29, 1.82) is 0 Å². The van der Waals surface area contributed by atoms with E-state index in [1.54, 1.807) is 12.2 Å². The zero-order valence-electron chi connectivity index (χ0n) is 11.6. The molecule has 0 saturated heterocycles. The molecule has 1 saturated carbocycles. The highest BCUT2D eigenvalue weighted by Crippen LogP contribution is 2.51. The van der Waals surface area contributed by atoms with E-state index in [9.17, 15) is 4.79 Å². The van der Waals surface area contributed by atoms with Gasteiger partial charge in [0.15, 0.2) is 0 Å². The van der Waals surface area contributed by atoms with Crippen molar-refractivity contribution >= 4 is 17.7 Å². The molecule has 1 aromatic rings. The molecule has 0 bridgehead atoms. The van der Waals surface area contributed by atoms with Crippen LogP contribution in [0.4, 0.5) is 5.69 Å². The molecule has 1 aliphatic carbocycles. The van der Waals surface area contributed by atoms with Gasteiger partial charge in [0.1, 0.15) is 0 Å². The average Bonchev–Trinajstić information content (AvgIpc) is 3.15. The van der Waals surface area contributed by atoms with E-state index in [1.165, 1.54) is 12.8 Å². The summed E-state index contributed by atoms with van der Waals surface area (Å²) in [7, 11) is 0. The van der Waals surface area contributed by atoms with E-state index < -0.39 is 0 Å². The number of amides is 1. The number of nitrogens with one attached hydrogen (secondary N) is 1. The third-order valence-electron chi connectivity index (χ3n) is 4.07. The molecule has 0 heterocycles. The van der Waals surface area contributed by atoms with Crippen molar-refractivity contribution < 1.29 is 4.79 Å². The maximum Gasteiger partial charge on any atom is 0.244 e. The van der Waals surface area contributed by atoms with Crippen LogP contribution in [0.3, 0.4) is 0 Å².